The average molecular weight is 424 g/mol. The lowest BCUT2D eigenvalue weighted by Gasteiger charge is -2.32. The first-order valence-electron chi connectivity index (χ1n) is 12.1. The van der Waals surface area contributed by atoms with Gasteiger partial charge in [0.15, 0.2) is 0 Å². The normalized spacial score (nSPS) is 22.4. The molecule has 1 aromatic carbocycles. The lowest BCUT2D eigenvalue weighted by Crippen LogP contribution is -2.40. The Morgan fingerprint density at radius 2 is 1.90 bits per heavy atom. The highest BCUT2D eigenvalue weighted by molar-refractivity contribution is 5.76. The summed E-state index contributed by atoms with van der Waals surface area (Å²) < 4.78 is 5.68. The van der Waals surface area contributed by atoms with Gasteiger partial charge in [0, 0.05) is 32.5 Å². The Morgan fingerprint density at radius 3 is 2.71 bits per heavy atom. The van der Waals surface area contributed by atoms with E-state index in [1.54, 1.807) is 0 Å². The van der Waals surface area contributed by atoms with E-state index in [0.717, 1.165) is 49.7 Å². The molecule has 1 aliphatic heterocycles. The number of carbonyl (C=O) groups excluding carboxylic acids is 1. The quantitative estimate of drug-likeness (QED) is 0.673. The Labute approximate surface area is 186 Å². The lowest BCUT2D eigenvalue weighted by molar-refractivity contribution is -0.132. The molecule has 168 valence electrons. The van der Waals surface area contributed by atoms with Gasteiger partial charge in [0.05, 0.1) is 5.69 Å². The molecule has 5 heteroatoms. The van der Waals surface area contributed by atoms with Crippen LogP contribution in [0.15, 0.2) is 40.9 Å². The number of nitrogens with one attached hydrogen (secondary N) is 1. The predicted octanol–water partition coefficient (Wildman–Crippen LogP) is 4.61. The fourth-order valence-electron chi connectivity index (χ4n) is 5.30. The number of hydrogen-bond acceptors (Lipinski definition) is 4. The number of hydrogen-bond donors (Lipinski definition) is 1. The number of aromatic nitrogens is 1. The minimum absolute atomic E-state index is 0.235. The Morgan fingerprint density at radius 1 is 1.10 bits per heavy atom. The van der Waals surface area contributed by atoms with Crippen LogP contribution in [-0.2, 0) is 24.2 Å². The second-order valence-electron chi connectivity index (χ2n) is 9.65. The average Bonchev–Trinajstić information content (AvgIpc) is 3.23. The molecule has 1 saturated carbocycles. The van der Waals surface area contributed by atoms with Gasteiger partial charge in [-0.3, -0.25) is 4.79 Å². The van der Waals surface area contributed by atoms with Crippen LogP contribution >= 0.6 is 0 Å². The molecule has 2 fully saturated rings. The van der Waals surface area contributed by atoms with Gasteiger partial charge in [-0.15, -0.1) is 0 Å². The molecule has 1 aliphatic carbocycles. The minimum atomic E-state index is 0.235. The Bertz CT molecular complexity index is 813. The molecule has 0 spiro atoms. The van der Waals surface area contributed by atoms with Crippen LogP contribution in [0.5, 0.6) is 0 Å². The Balaban J connectivity index is 1.30. The SMILES string of the molecule is CN(Cc1ccccc1)C(=O)C[C@H]1CCNC[C@@H]1Cc1cc(CC2CCCCC2)on1. The zero-order valence-corrected chi connectivity index (χ0v) is 18.9. The van der Waals surface area contributed by atoms with Gasteiger partial charge in [0.1, 0.15) is 5.76 Å². The molecule has 2 heterocycles. The van der Waals surface area contributed by atoms with Gasteiger partial charge in [-0.2, -0.15) is 0 Å². The Kier molecular flexibility index (Phi) is 7.79. The monoisotopic (exact) mass is 423 g/mol. The summed E-state index contributed by atoms with van der Waals surface area (Å²) in [5.74, 6) is 2.86. The van der Waals surface area contributed by atoms with E-state index in [4.69, 9.17) is 4.52 Å². The molecule has 1 N–H and O–H groups in total. The van der Waals surface area contributed by atoms with E-state index in [0.29, 0.717) is 24.8 Å². The number of carbonyl (C=O) groups is 1. The van der Waals surface area contributed by atoms with Crippen molar-refractivity contribution in [3.05, 3.63) is 53.4 Å². The van der Waals surface area contributed by atoms with Crippen molar-refractivity contribution in [2.75, 3.05) is 20.1 Å². The number of amides is 1. The molecular weight excluding hydrogens is 386 g/mol. The molecule has 0 bridgehead atoms. The number of benzene rings is 1. The first kappa shape index (κ1) is 22.1. The summed E-state index contributed by atoms with van der Waals surface area (Å²) in [6.07, 6.45) is 10.3. The van der Waals surface area contributed by atoms with E-state index in [-0.39, 0.29) is 5.91 Å². The van der Waals surface area contributed by atoms with E-state index < -0.39 is 0 Å². The van der Waals surface area contributed by atoms with Crippen LogP contribution in [-0.4, -0.2) is 36.1 Å². The van der Waals surface area contributed by atoms with E-state index in [1.807, 2.05) is 30.1 Å². The second kappa shape index (κ2) is 10.9. The fourth-order valence-corrected chi connectivity index (χ4v) is 5.30. The zero-order valence-electron chi connectivity index (χ0n) is 18.9. The van der Waals surface area contributed by atoms with Crippen LogP contribution in [0.4, 0.5) is 0 Å². The third kappa shape index (κ3) is 6.42. The summed E-state index contributed by atoms with van der Waals surface area (Å²) in [5, 5.41) is 7.90. The van der Waals surface area contributed by atoms with Crippen LogP contribution in [0.2, 0.25) is 0 Å². The predicted molar refractivity (Wildman–Crippen MR) is 122 cm³/mol. The molecule has 2 atom stereocenters. The van der Waals surface area contributed by atoms with Gasteiger partial charge in [0.25, 0.3) is 0 Å². The molecule has 1 amide bonds. The summed E-state index contributed by atoms with van der Waals surface area (Å²) in [7, 11) is 1.92. The van der Waals surface area contributed by atoms with Gasteiger partial charge in [-0.25, -0.2) is 0 Å². The van der Waals surface area contributed by atoms with Gasteiger partial charge in [-0.1, -0.05) is 67.6 Å². The molecule has 2 aromatic rings. The third-order valence-electron chi connectivity index (χ3n) is 7.18. The van der Waals surface area contributed by atoms with Crippen LogP contribution in [0.1, 0.15) is 62.0 Å². The van der Waals surface area contributed by atoms with Gasteiger partial charge >= 0.3 is 0 Å². The Hall–Kier alpha value is -2.14. The fraction of sp³-hybridized carbons (Fsp3) is 0.615. The molecular formula is C26H37N3O2. The first-order chi connectivity index (χ1) is 15.2. The molecule has 1 aromatic heterocycles. The van der Waals surface area contributed by atoms with Crippen LogP contribution < -0.4 is 5.32 Å². The maximum Gasteiger partial charge on any atom is 0.222 e. The van der Waals surface area contributed by atoms with E-state index in [2.05, 4.69) is 28.7 Å². The summed E-state index contributed by atoms with van der Waals surface area (Å²) >= 11 is 0. The van der Waals surface area contributed by atoms with Crippen molar-refractivity contribution in [1.29, 1.82) is 0 Å². The van der Waals surface area contributed by atoms with Gasteiger partial charge < -0.3 is 14.7 Å². The van der Waals surface area contributed by atoms with Crippen LogP contribution in [0.3, 0.4) is 0 Å². The zero-order chi connectivity index (χ0) is 21.5. The largest absolute Gasteiger partial charge is 0.361 e. The van der Waals surface area contributed by atoms with Crippen molar-refractivity contribution in [2.45, 2.75) is 64.3 Å². The van der Waals surface area contributed by atoms with E-state index >= 15 is 0 Å². The number of rotatable bonds is 8. The maximum atomic E-state index is 12.9. The lowest BCUT2D eigenvalue weighted by atomic mass is 9.81. The third-order valence-corrected chi connectivity index (χ3v) is 7.18. The highest BCUT2D eigenvalue weighted by atomic mass is 16.5. The summed E-state index contributed by atoms with van der Waals surface area (Å²) in [6, 6.07) is 12.4. The number of nitrogens with zero attached hydrogens (tertiary/aromatic N) is 2. The topological polar surface area (TPSA) is 58.4 Å². The number of piperidine rings is 1. The molecule has 4 rings (SSSR count). The summed E-state index contributed by atoms with van der Waals surface area (Å²) in [6.45, 7) is 2.61. The maximum absolute atomic E-state index is 12.9. The van der Waals surface area contributed by atoms with Crippen molar-refractivity contribution < 1.29 is 9.32 Å². The molecule has 31 heavy (non-hydrogen) atoms. The highest BCUT2D eigenvalue weighted by Gasteiger charge is 2.29. The van der Waals surface area contributed by atoms with Crippen molar-refractivity contribution in [2.24, 2.45) is 17.8 Å². The van der Waals surface area contributed by atoms with Gasteiger partial charge in [-0.05, 0) is 49.2 Å². The van der Waals surface area contributed by atoms with Crippen molar-refractivity contribution in [3.8, 4) is 0 Å². The smallest absolute Gasteiger partial charge is 0.222 e. The van der Waals surface area contributed by atoms with Crippen LogP contribution in [0.25, 0.3) is 0 Å². The van der Waals surface area contributed by atoms with Crippen molar-refractivity contribution >= 4 is 5.91 Å². The molecule has 5 nitrogen and oxygen atoms in total. The first-order valence-corrected chi connectivity index (χ1v) is 12.1. The van der Waals surface area contributed by atoms with Gasteiger partial charge in [0.2, 0.25) is 5.91 Å². The summed E-state index contributed by atoms with van der Waals surface area (Å²) in [4.78, 5) is 14.8. The van der Waals surface area contributed by atoms with E-state index in [1.165, 1.54) is 37.7 Å². The van der Waals surface area contributed by atoms with Crippen molar-refractivity contribution in [1.82, 2.24) is 15.4 Å². The van der Waals surface area contributed by atoms with Crippen molar-refractivity contribution in [3.63, 3.8) is 0 Å². The van der Waals surface area contributed by atoms with E-state index in [9.17, 15) is 4.79 Å². The second-order valence-corrected chi connectivity index (χ2v) is 9.65. The molecule has 2 aliphatic rings. The molecule has 0 radical (unpaired) electrons. The highest BCUT2D eigenvalue weighted by Crippen LogP contribution is 2.29. The molecule has 0 unspecified atom stereocenters. The summed E-state index contributed by atoms with van der Waals surface area (Å²) in [5.41, 5.74) is 2.22. The minimum Gasteiger partial charge on any atom is -0.361 e. The standard InChI is InChI=1S/C26H37N3O2/c1-29(19-21-10-6-3-7-11-21)26(30)16-22-12-13-27-18-23(22)15-24-17-25(31-28-24)14-20-8-4-2-5-9-20/h3,6-7,10-11,17,20,22-23,27H,2,4-5,8-9,12-16,18-19H2,1H3/t22-,23+/m1/s1. The van der Waals surface area contributed by atoms with Crippen LogP contribution in [0, 0.1) is 17.8 Å². The molecule has 1 saturated heterocycles.